The molecule has 1 saturated heterocycles. The number of halogens is 1. The number of rotatable bonds is 1. The number of hydrogen-bond acceptors (Lipinski definition) is 3. The van der Waals surface area contributed by atoms with Crippen molar-refractivity contribution in [1.82, 2.24) is 9.88 Å². The molecule has 1 fully saturated rings. The zero-order valence-electron chi connectivity index (χ0n) is 8.28. The van der Waals surface area contributed by atoms with Gasteiger partial charge in [-0.05, 0) is 19.2 Å². The first-order valence-electron chi connectivity index (χ1n) is 4.81. The molecule has 1 aliphatic rings. The molecule has 0 aliphatic carbocycles. The third kappa shape index (κ3) is 2.16. The standard InChI is InChI=1S/C10H14ClN3/c1-13-4-6-14(7-5-13)10-8-9(11)2-3-12-10/h2-3,8H,4-7H2,1H3. The average molecular weight is 212 g/mol. The Morgan fingerprint density at radius 1 is 1.29 bits per heavy atom. The highest BCUT2D eigenvalue weighted by Crippen LogP contribution is 2.17. The van der Waals surface area contributed by atoms with Gasteiger partial charge in [-0.25, -0.2) is 4.98 Å². The smallest absolute Gasteiger partial charge is 0.130 e. The summed E-state index contributed by atoms with van der Waals surface area (Å²) in [6.45, 7) is 4.25. The second kappa shape index (κ2) is 4.15. The minimum atomic E-state index is 0.758. The summed E-state index contributed by atoms with van der Waals surface area (Å²) in [7, 11) is 2.14. The normalized spacial score (nSPS) is 18.6. The summed E-state index contributed by atoms with van der Waals surface area (Å²) in [5.74, 6) is 0.991. The molecule has 0 N–H and O–H groups in total. The van der Waals surface area contributed by atoms with Crippen LogP contribution < -0.4 is 4.90 Å². The van der Waals surface area contributed by atoms with E-state index in [2.05, 4.69) is 21.8 Å². The predicted octanol–water partition coefficient (Wildman–Crippen LogP) is 1.49. The Morgan fingerprint density at radius 2 is 2.00 bits per heavy atom. The minimum Gasteiger partial charge on any atom is -0.354 e. The molecule has 4 heteroatoms. The van der Waals surface area contributed by atoms with Gasteiger partial charge in [0, 0.05) is 37.4 Å². The van der Waals surface area contributed by atoms with Crippen LogP contribution in [0.3, 0.4) is 0 Å². The maximum Gasteiger partial charge on any atom is 0.130 e. The van der Waals surface area contributed by atoms with E-state index in [0.29, 0.717) is 0 Å². The Kier molecular flexibility index (Phi) is 2.89. The van der Waals surface area contributed by atoms with Gasteiger partial charge in [0.2, 0.25) is 0 Å². The van der Waals surface area contributed by atoms with Crippen LogP contribution in [0.5, 0.6) is 0 Å². The molecular formula is C10H14ClN3. The van der Waals surface area contributed by atoms with Crippen molar-refractivity contribution in [3.63, 3.8) is 0 Å². The monoisotopic (exact) mass is 211 g/mol. The minimum absolute atomic E-state index is 0.758. The van der Waals surface area contributed by atoms with Crippen molar-refractivity contribution in [2.45, 2.75) is 0 Å². The maximum atomic E-state index is 5.92. The third-order valence-electron chi connectivity index (χ3n) is 2.53. The zero-order valence-corrected chi connectivity index (χ0v) is 9.04. The van der Waals surface area contributed by atoms with E-state index in [1.807, 2.05) is 6.07 Å². The van der Waals surface area contributed by atoms with E-state index in [4.69, 9.17) is 11.6 Å². The quantitative estimate of drug-likeness (QED) is 0.702. The average Bonchev–Trinajstić information content (AvgIpc) is 2.19. The lowest BCUT2D eigenvalue weighted by molar-refractivity contribution is 0.312. The molecule has 0 spiro atoms. The van der Waals surface area contributed by atoms with Gasteiger partial charge in [0.15, 0.2) is 0 Å². The molecule has 14 heavy (non-hydrogen) atoms. The molecule has 1 aliphatic heterocycles. The van der Waals surface area contributed by atoms with Gasteiger partial charge in [-0.15, -0.1) is 0 Å². The number of anilines is 1. The van der Waals surface area contributed by atoms with Crippen LogP contribution in [0.15, 0.2) is 18.3 Å². The fraction of sp³-hybridized carbons (Fsp3) is 0.500. The number of nitrogens with zero attached hydrogens (tertiary/aromatic N) is 3. The maximum absolute atomic E-state index is 5.92. The molecule has 0 atom stereocenters. The molecule has 0 amide bonds. The summed E-state index contributed by atoms with van der Waals surface area (Å²) in [6.07, 6.45) is 1.76. The Balaban J connectivity index is 2.08. The van der Waals surface area contributed by atoms with Gasteiger partial charge in [0.05, 0.1) is 0 Å². The fourth-order valence-electron chi connectivity index (χ4n) is 1.60. The lowest BCUT2D eigenvalue weighted by atomic mass is 10.3. The first-order chi connectivity index (χ1) is 6.75. The highest BCUT2D eigenvalue weighted by molar-refractivity contribution is 6.30. The van der Waals surface area contributed by atoms with Crippen LogP contribution in [0.2, 0.25) is 5.02 Å². The summed E-state index contributed by atoms with van der Waals surface area (Å²) in [4.78, 5) is 8.90. The van der Waals surface area contributed by atoms with Crippen LogP contribution in [0.25, 0.3) is 0 Å². The predicted molar refractivity (Wildman–Crippen MR) is 59.0 cm³/mol. The van der Waals surface area contributed by atoms with Gasteiger partial charge in [-0.1, -0.05) is 11.6 Å². The molecule has 3 nitrogen and oxygen atoms in total. The van der Waals surface area contributed by atoms with E-state index in [9.17, 15) is 0 Å². The molecule has 0 saturated carbocycles. The van der Waals surface area contributed by atoms with Crippen molar-refractivity contribution in [2.24, 2.45) is 0 Å². The molecule has 1 aromatic rings. The Labute approximate surface area is 89.3 Å². The topological polar surface area (TPSA) is 19.4 Å². The Bertz CT molecular complexity index is 308. The first kappa shape index (κ1) is 9.74. The van der Waals surface area contributed by atoms with Gasteiger partial charge < -0.3 is 9.80 Å². The Hall–Kier alpha value is -0.800. The van der Waals surface area contributed by atoms with Crippen molar-refractivity contribution in [1.29, 1.82) is 0 Å². The molecule has 2 heterocycles. The van der Waals surface area contributed by atoms with E-state index in [1.165, 1.54) is 0 Å². The first-order valence-corrected chi connectivity index (χ1v) is 5.18. The molecule has 0 radical (unpaired) electrons. The van der Waals surface area contributed by atoms with E-state index in [0.717, 1.165) is 37.0 Å². The van der Waals surface area contributed by atoms with E-state index < -0.39 is 0 Å². The molecule has 2 rings (SSSR count). The summed E-state index contributed by atoms with van der Waals surface area (Å²) >= 11 is 5.92. The van der Waals surface area contributed by atoms with Gasteiger partial charge in [-0.2, -0.15) is 0 Å². The number of likely N-dealkylation sites (N-methyl/N-ethyl adjacent to an activating group) is 1. The summed E-state index contributed by atoms with van der Waals surface area (Å²) in [5.41, 5.74) is 0. The molecule has 1 aromatic heterocycles. The zero-order chi connectivity index (χ0) is 9.97. The SMILES string of the molecule is CN1CCN(c2cc(Cl)ccn2)CC1. The molecule has 0 unspecified atom stereocenters. The highest BCUT2D eigenvalue weighted by Gasteiger charge is 2.14. The van der Waals surface area contributed by atoms with Gasteiger partial charge in [0.25, 0.3) is 0 Å². The Morgan fingerprint density at radius 3 is 2.64 bits per heavy atom. The van der Waals surface area contributed by atoms with Crippen LogP contribution in [0, 0.1) is 0 Å². The van der Waals surface area contributed by atoms with Crippen molar-refractivity contribution >= 4 is 17.4 Å². The van der Waals surface area contributed by atoms with Crippen molar-refractivity contribution in [2.75, 3.05) is 38.1 Å². The molecular weight excluding hydrogens is 198 g/mol. The van der Waals surface area contributed by atoms with Crippen molar-refractivity contribution < 1.29 is 0 Å². The lowest BCUT2D eigenvalue weighted by Gasteiger charge is -2.33. The summed E-state index contributed by atoms with van der Waals surface area (Å²) in [6, 6.07) is 3.73. The number of pyridine rings is 1. The summed E-state index contributed by atoms with van der Waals surface area (Å²) < 4.78 is 0. The second-order valence-corrected chi connectivity index (χ2v) is 4.06. The highest BCUT2D eigenvalue weighted by atomic mass is 35.5. The van der Waals surface area contributed by atoms with Crippen LogP contribution in [-0.2, 0) is 0 Å². The van der Waals surface area contributed by atoms with Gasteiger partial charge in [0.1, 0.15) is 5.82 Å². The van der Waals surface area contributed by atoms with Crippen LogP contribution in [0.1, 0.15) is 0 Å². The van der Waals surface area contributed by atoms with Gasteiger partial charge in [-0.3, -0.25) is 0 Å². The molecule has 76 valence electrons. The second-order valence-electron chi connectivity index (χ2n) is 3.62. The third-order valence-corrected chi connectivity index (χ3v) is 2.77. The number of aromatic nitrogens is 1. The fourth-order valence-corrected chi connectivity index (χ4v) is 1.76. The van der Waals surface area contributed by atoms with Crippen LogP contribution >= 0.6 is 11.6 Å². The lowest BCUT2D eigenvalue weighted by Crippen LogP contribution is -2.44. The van der Waals surface area contributed by atoms with Crippen LogP contribution in [-0.4, -0.2) is 43.1 Å². The van der Waals surface area contributed by atoms with E-state index in [-0.39, 0.29) is 0 Å². The van der Waals surface area contributed by atoms with E-state index in [1.54, 1.807) is 12.3 Å². The van der Waals surface area contributed by atoms with Crippen molar-refractivity contribution in [3.8, 4) is 0 Å². The summed E-state index contributed by atoms with van der Waals surface area (Å²) in [5, 5.41) is 0.758. The van der Waals surface area contributed by atoms with E-state index >= 15 is 0 Å². The van der Waals surface area contributed by atoms with Crippen LogP contribution in [0.4, 0.5) is 5.82 Å². The number of hydrogen-bond donors (Lipinski definition) is 0. The van der Waals surface area contributed by atoms with Gasteiger partial charge >= 0.3 is 0 Å². The molecule has 0 aromatic carbocycles. The molecule has 0 bridgehead atoms. The van der Waals surface area contributed by atoms with Crippen molar-refractivity contribution in [3.05, 3.63) is 23.4 Å². The number of piperazine rings is 1. The largest absolute Gasteiger partial charge is 0.354 e.